The summed E-state index contributed by atoms with van der Waals surface area (Å²) in [7, 11) is 0. The van der Waals surface area contributed by atoms with E-state index in [1.54, 1.807) is 24.3 Å². The second-order valence-corrected chi connectivity index (χ2v) is 5.03. The maximum absolute atomic E-state index is 11.9. The third kappa shape index (κ3) is 3.31. The summed E-state index contributed by atoms with van der Waals surface area (Å²) in [6.45, 7) is 0. The Morgan fingerprint density at radius 3 is 2.26 bits per heavy atom. The van der Waals surface area contributed by atoms with Crippen LogP contribution in [0.4, 0.5) is 0 Å². The van der Waals surface area contributed by atoms with Crippen LogP contribution in [0.2, 0.25) is 20.1 Å². The van der Waals surface area contributed by atoms with E-state index >= 15 is 0 Å². The fraction of sp³-hybridized carbons (Fsp3) is 0. The van der Waals surface area contributed by atoms with Crippen molar-refractivity contribution in [3.8, 4) is 5.75 Å². The van der Waals surface area contributed by atoms with Gasteiger partial charge in [0.2, 0.25) is 0 Å². The van der Waals surface area contributed by atoms with E-state index in [-0.39, 0.29) is 20.8 Å². The van der Waals surface area contributed by atoms with E-state index in [1.807, 2.05) is 0 Å². The van der Waals surface area contributed by atoms with Gasteiger partial charge in [-0.25, -0.2) is 9.78 Å². The van der Waals surface area contributed by atoms with Crippen molar-refractivity contribution < 1.29 is 9.53 Å². The molecule has 0 radical (unpaired) electrons. The predicted octanol–water partition coefficient (Wildman–Crippen LogP) is 4.91. The Bertz CT molecular complexity index is 628. The molecule has 1 heterocycles. The summed E-state index contributed by atoms with van der Waals surface area (Å²) in [6.07, 6.45) is 1.23. The highest BCUT2D eigenvalue weighted by Gasteiger charge is 2.18. The lowest BCUT2D eigenvalue weighted by molar-refractivity contribution is 0.0729. The van der Waals surface area contributed by atoms with Crippen molar-refractivity contribution in [2.45, 2.75) is 0 Å². The van der Waals surface area contributed by atoms with Gasteiger partial charge in [-0.2, -0.15) is 0 Å². The van der Waals surface area contributed by atoms with Gasteiger partial charge in [0.25, 0.3) is 0 Å². The highest BCUT2D eigenvalue weighted by atomic mass is 35.5. The van der Waals surface area contributed by atoms with Crippen molar-refractivity contribution in [2.75, 3.05) is 0 Å². The molecule has 0 N–H and O–H groups in total. The molecule has 0 unspecified atom stereocenters. The molecule has 7 heteroatoms. The van der Waals surface area contributed by atoms with Crippen LogP contribution in [0.5, 0.6) is 5.75 Å². The fourth-order valence-corrected chi connectivity index (χ4v) is 1.93. The number of nitrogens with zero attached hydrogens (tertiary/aromatic N) is 1. The van der Waals surface area contributed by atoms with Gasteiger partial charge in [-0.1, -0.05) is 46.4 Å². The van der Waals surface area contributed by atoms with Crippen molar-refractivity contribution in [2.24, 2.45) is 0 Å². The van der Waals surface area contributed by atoms with Gasteiger partial charge < -0.3 is 4.74 Å². The first kappa shape index (κ1) is 14.4. The van der Waals surface area contributed by atoms with Crippen LogP contribution >= 0.6 is 46.4 Å². The van der Waals surface area contributed by atoms with Crippen molar-refractivity contribution in [3.63, 3.8) is 0 Å². The van der Waals surface area contributed by atoms with Crippen LogP contribution in [0, 0.1) is 0 Å². The van der Waals surface area contributed by atoms with Crippen LogP contribution < -0.4 is 4.74 Å². The highest BCUT2D eigenvalue weighted by Crippen LogP contribution is 2.31. The Morgan fingerprint density at radius 1 is 1.00 bits per heavy atom. The highest BCUT2D eigenvalue weighted by molar-refractivity contribution is 6.48. The van der Waals surface area contributed by atoms with Crippen LogP contribution in [-0.4, -0.2) is 11.0 Å². The van der Waals surface area contributed by atoms with Crippen LogP contribution in [0.3, 0.4) is 0 Å². The molecule has 3 nitrogen and oxygen atoms in total. The van der Waals surface area contributed by atoms with Gasteiger partial charge in [-0.3, -0.25) is 0 Å². The summed E-state index contributed by atoms with van der Waals surface area (Å²) in [4.78, 5) is 15.7. The summed E-state index contributed by atoms with van der Waals surface area (Å²) in [6, 6.07) is 6.28. The average Bonchev–Trinajstić information content (AvgIpc) is 2.39. The van der Waals surface area contributed by atoms with E-state index in [0.717, 1.165) is 0 Å². The lowest BCUT2D eigenvalue weighted by Gasteiger charge is -2.06. The number of hydrogen-bond donors (Lipinski definition) is 0. The number of carbonyl (C=O) groups excluding carboxylic acids is 1. The Morgan fingerprint density at radius 2 is 1.63 bits per heavy atom. The molecule has 0 aliphatic rings. The molecule has 0 aliphatic carbocycles. The van der Waals surface area contributed by atoms with Gasteiger partial charge >= 0.3 is 5.97 Å². The zero-order chi connectivity index (χ0) is 14.0. The molecule has 0 saturated carbocycles. The van der Waals surface area contributed by atoms with E-state index in [0.29, 0.717) is 10.8 Å². The zero-order valence-corrected chi connectivity index (χ0v) is 12.2. The monoisotopic (exact) mass is 335 g/mol. The van der Waals surface area contributed by atoms with Crippen LogP contribution in [-0.2, 0) is 0 Å². The molecule has 0 bridgehead atoms. The van der Waals surface area contributed by atoms with Crippen LogP contribution in [0.25, 0.3) is 0 Å². The maximum Gasteiger partial charge on any atom is 0.363 e. The Balaban J connectivity index is 2.25. The number of hydrogen-bond acceptors (Lipinski definition) is 3. The first-order valence-corrected chi connectivity index (χ1v) is 6.47. The number of esters is 1. The number of benzene rings is 1. The SMILES string of the molecule is O=C(Oc1ccc(Cl)cc1)c1ncc(Cl)c(Cl)c1Cl. The van der Waals surface area contributed by atoms with E-state index in [9.17, 15) is 4.79 Å². The molecule has 0 saturated heterocycles. The lowest BCUT2D eigenvalue weighted by Crippen LogP contribution is -2.11. The lowest BCUT2D eigenvalue weighted by atomic mass is 10.3. The minimum atomic E-state index is -0.731. The molecular weight excluding hydrogens is 332 g/mol. The summed E-state index contributed by atoms with van der Waals surface area (Å²) in [5.41, 5.74) is -0.106. The topological polar surface area (TPSA) is 39.2 Å². The number of halogens is 4. The molecular formula is C12H5Cl4NO2. The first-order chi connectivity index (χ1) is 8.99. The number of aromatic nitrogens is 1. The molecule has 19 heavy (non-hydrogen) atoms. The molecule has 0 amide bonds. The largest absolute Gasteiger partial charge is 0.422 e. The first-order valence-electron chi connectivity index (χ1n) is 4.96. The molecule has 2 rings (SSSR count). The van der Waals surface area contributed by atoms with Crippen molar-refractivity contribution in [3.05, 3.63) is 56.2 Å². The number of rotatable bonds is 2. The van der Waals surface area contributed by atoms with Crippen molar-refractivity contribution >= 4 is 52.4 Å². The normalized spacial score (nSPS) is 10.3. The predicted molar refractivity (Wildman–Crippen MR) is 75.7 cm³/mol. The minimum absolute atomic E-state index is 0.0480. The smallest absolute Gasteiger partial charge is 0.363 e. The van der Waals surface area contributed by atoms with Gasteiger partial charge in [-0.05, 0) is 24.3 Å². The summed E-state index contributed by atoms with van der Waals surface area (Å²) < 4.78 is 5.08. The van der Waals surface area contributed by atoms with Crippen LogP contribution in [0.15, 0.2) is 30.5 Å². The Hall–Kier alpha value is -1.000. The number of pyridine rings is 1. The number of carbonyl (C=O) groups is 1. The van der Waals surface area contributed by atoms with Gasteiger partial charge in [0.1, 0.15) is 5.75 Å². The summed E-state index contributed by atoms with van der Waals surface area (Å²) >= 11 is 23.2. The van der Waals surface area contributed by atoms with Crippen molar-refractivity contribution in [1.82, 2.24) is 4.98 Å². The maximum atomic E-state index is 11.9. The molecule has 2 aromatic rings. The molecule has 0 fully saturated rings. The zero-order valence-electron chi connectivity index (χ0n) is 9.16. The molecule has 1 aromatic heterocycles. The molecule has 98 valence electrons. The second-order valence-electron chi connectivity index (χ2n) is 3.43. The Kier molecular flexibility index (Phi) is 4.53. The van der Waals surface area contributed by atoms with Crippen LogP contribution in [0.1, 0.15) is 10.5 Å². The summed E-state index contributed by atoms with van der Waals surface area (Å²) in [5.74, 6) is -0.413. The van der Waals surface area contributed by atoms with E-state index in [1.165, 1.54) is 6.20 Å². The third-order valence-electron chi connectivity index (χ3n) is 2.13. The molecule has 0 atom stereocenters. The number of ether oxygens (including phenoxy) is 1. The molecule has 1 aromatic carbocycles. The molecule has 0 aliphatic heterocycles. The third-order valence-corrected chi connectivity index (χ3v) is 3.63. The quantitative estimate of drug-likeness (QED) is 0.577. The molecule has 0 spiro atoms. The van der Waals surface area contributed by atoms with Gasteiger partial charge in [0, 0.05) is 11.2 Å². The Labute approximate surface area is 129 Å². The second kappa shape index (κ2) is 5.97. The minimum Gasteiger partial charge on any atom is -0.422 e. The van der Waals surface area contributed by atoms with E-state index < -0.39 is 5.97 Å². The summed E-state index contributed by atoms with van der Waals surface area (Å²) in [5, 5.41) is 0.703. The van der Waals surface area contributed by atoms with Gasteiger partial charge in [0.15, 0.2) is 5.69 Å². The van der Waals surface area contributed by atoms with Gasteiger partial charge in [0.05, 0.1) is 15.1 Å². The van der Waals surface area contributed by atoms with E-state index in [2.05, 4.69) is 4.98 Å². The fourth-order valence-electron chi connectivity index (χ4n) is 1.24. The van der Waals surface area contributed by atoms with E-state index in [4.69, 9.17) is 51.1 Å². The van der Waals surface area contributed by atoms with Crippen molar-refractivity contribution in [1.29, 1.82) is 0 Å². The van der Waals surface area contributed by atoms with Gasteiger partial charge in [-0.15, -0.1) is 0 Å². The standard InChI is InChI=1S/C12H5Cl4NO2/c13-6-1-3-7(4-2-6)19-12(18)11-10(16)9(15)8(14)5-17-11/h1-5H. The average molecular weight is 337 g/mol.